The van der Waals surface area contributed by atoms with Gasteiger partial charge in [-0.1, -0.05) is 38.1 Å². The van der Waals surface area contributed by atoms with Crippen molar-refractivity contribution in [2.24, 2.45) is 5.92 Å². The molecule has 0 bridgehead atoms. The van der Waals surface area contributed by atoms with Crippen molar-refractivity contribution in [3.05, 3.63) is 65.5 Å². The molecule has 5 heteroatoms. The normalized spacial score (nSPS) is 18.4. The number of amides is 1. The van der Waals surface area contributed by atoms with Crippen LogP contribution in [0.1, 0.15) is 31.4 Å². The molecule has 1 heterocycles. The van der Waals surface area contributed by atoms with Gasteiger partial charge in [-0.15, -0.1) is 0 Å². The Kier molecular flexibility index (Phi) is 6.68. The first-order chi connectivity index (χ1) is 13.5. The van der Waals surface area contributed by atoms with Crippen molar-refractivity contribution in [3.8, 4) is 5.75 Å². The Labute approximate surface area is 166 Å². The molecule has 150 valence electrons. The number of carbonyl (C=O) groups excluding carboxylic acids is 1. The third kappa shape index (κ3) is 5.10. The van der Waals surface area contributed by atoms with Gasteiger partial charge in [0.1, 0.15) is 11.6 Å². The number of hydrogen-bond donors (Lipinski definition) is 0. The Morgan fingerprint density at radius 2 is 1.64 bits per heavy atom. The number of halogens is 1. The van der Waals surface area contributed by atoms with Gasteiger partial charge in [-0.25, -0.2) is 4.39 Å². The number of methoxy groups -OCH3 is 1. The molecule has 1 unspecified atom stereocenters. The van der Waals surface area contributed by atoms with Crippen molar-refractivity contribution in [3.63, 3.8) is 0 Å². The first kappa shape index (κ1) is 20.3. The lowest BCUT2D eigenvalue weighted by atomic mass is 10.0. The summed E-state index contributed by atoms with van der Waals surface area (Å²) in [5, 5.41) is 0. The summed E-state index contributed by atoms with van der Waals surface area (Å²) in [6, 6.07) is 14.7. The fourth-order valence-corrected chi connectivity index (χ4v) is 3.73. The van der Waals surface area contributed by atoms with Crippen LogP contribution in [0.5, 0.6) is 5.75 Å². The number of rotatable bonds is 6. The summed E-state index contributed by atoms with van der Waals surface area (Å²) >= 11 is 0. The van der Waals surface area contributed by atoms with Crippen LogP contribution in [-0.2, 0) is 17.9 Å². The van der Waals surface area contributed by atoms with Gasteiger partial charge >= 0.3 is 0 Å². The Morgan fingerprint density at radius 3 is 2.25 bits per heavy atom. The molecule has 0 saturated carbocycles. The fourth-order valence-electron chi connectivity index (χ4n) is 3.73. The summed E-state index contributed by atoms with van der Waals surface area (Å²) < 4.78 is 18.5. The predicted molar refractivity (Wildman–Crippen MR) is 108 cm³/mol. The summed E-state index contributed by atoms with van der Waals surface area (Å²) in [6.45, 7) is 7.23. The van der Waals surface area contributed by atoms with Crippen LogP contribution in [0.4, 0.5) is 4.39 Å². The molecule has 1 aliphatic rings. The number of benzene rings is 2. The molecule has 1 aliphatic heterocycles. The average Bonchev–Trinajstić information content (AvgIpc) is 2.84. The van der Waals surface area contributed by atoms with Crippen LogP contribution in [0, 0.1) is 11.7 Å². The Hall–Kier alpha value is -2.40. The van der Waals surface area contributed by atoms with E-state index >= 15 is 0 Å². The molecule has 2 aromatic rings. The van der Waals surface area contributed by atoms with Crippen LogP contribution < -0.4 is 4.74 Å². The van der Waals surface area contributed by atoms with E-state index in [1.807, 2.05) is 17.0 Å². The van der Waals surface area contributed by atoms with Crippen molar-refractivity contribution in [2.45, 2.75) is 39.4 Å². The molecule has 1 atom stereocenters. The smallest absolute Gasteiger partial charge is 0.224 e. The minimum Gasteiger partial charge on any atom is -0.497 e. The van der Waals surface area contributed by atoms with Crippen LogP contribution >= 0.6 is 0 Å². The number of carbonyl (C=O) groups is 1. The summed E-state index contributed by atoms with van der Waals surface area (Å²) in [4.78, 5) is 17.2. The summed E-state index contributed by atoms with van der Waals surface area (Å²) in [5.41, 5.74) is 2.17. The fraction of sp³-hybridized carbons (Fsp3) is 0.435. The van der Waals surface area contributed by atoms with E-state index < -0.39 is 0 Å². The van der Waals surface area contributed by atoms with Crippen LogP contribution in [0.25, 0.3) is 0 Å². The summed E-state index contributed by atoms with van der Waals surface area (Å²) in [5.74, 6) is 1.10. The average molecular weight is 384 g/mol. The highest BCUT2D eigenvalue weighted by Gasteiger charge is 2.31. The van der Waals surface area contributed by atoms with Gasteiger partial charge < -0.3 is 9.64 Å². The van der Waals surface area contributed by atoms with Gasteiger partial charge in [0.2, 0.25) is 5.91 Å². The van der Waals surface area contributed by atoms with Crippen LogP contribution in [0.15, 0.2) is 48.5 Å². The van der Waals surface area contributed by atoms with Crippen molar-refractivity contribution in [1.29, 1.82) is 0 Å². The molecule has 28 heavy (non-hydrogen) atoms. The number of ether oxygens (including phenoxy) is 1. The third-order valence-corrected chi connectivity index (χ3v) is 5.41. The third-order valence-electron chi connectivity index (χ3n) is 5.41. The summed E-state index contributed by atoms with van der Waals surface area (Å²) in [7, 11) is 1.67. The molecule has 3 rings (SSSR count). The Bertz CT molecular complexity index is 774. The Balaban J connectivity index is 1.74. The first-order valence-corrected chi connectivity index (χ1v) is 9.85. The zero-order valence-electron chi connectivity index (χ0n) is 16.9. The lowest BCUT2D eigenvalue weighted by molar-refractivity contribution is -0.134. The zero-order chi connectivity index (χ0) is 20.1. The number of nitrogens with zero attached hydrogens (tertiary/aromatic N) is 2. The molecule has 1 amide bonds. The van der Waals surface area contributed by atoms with E-state index in [0.717, 1.165) is 30.9 Å². The molecule has 0 spiro atoms. The van der Waals surface area contributed by atoms with E-state index in [1.54, 1.807) is 19.2 Å². The maximum Gasteiger partial charge on any atom is 0.224 e. The van der Waals surface area contributed by atoms with Gasteiger partial charge in [0.25, 0.3) is 0 Å². The molecule has 0 N–H and O–H groups in total. The predicted octanol–water partition coefficient (Wildman–Crippen LogP) is 4.09. The van der Waals surface area contributed by atoms with E-state index in [1.165, 1.54) is 17.7 Å². The highest BCUT2D eigenvalue weighted by atomic mass is 19.1. The van der Waals surface area contributed by atoms with Gasteiger partial charge in [0, 0.05) is 38.6 Å². The molecule has 0 aliphatic carbocycles. The van der Waals surface area contributed by atoms with Gasteiger partial charge in [0.05, 0.1) is 7.11 Å². The Morgan fingerprint density at radius 1 is 1.04 bits per heavy atom. The van der Waals surface area contributed by atoms with Crippen molar-refractivity contribution >= 4 is 5.91 Å². The van der Waals surface area contributed by atoms with E-state index in [9.17, 15) is 9.18 Å². The van der Waals surface area contributed by atoms with Crippen molar-refractivity contribution in [2.75, 3.05) is 20.2 Å². The van der Waals surface area contributed by atoms with Gasteiger partial charge in [-0.2, -0.15) is 0 Å². The molecular weight excluding hydrogens is 355 g/mol. The van der Waals surface area contributed by atoms with E-state index in [0.29, 0.717) is 18.9 Å². The lowest BCUT2D eigenvalue weighted by Crippen LogP contribution is -2.45. The van der Waals surface area contributed by atoms with Gasteiger partial charge in [-0.3, -0.25) is 9.69 Å². The quantitative estimate of drug-likeness (QED) is 0.752. The standard InChI is InChI=1S/C23H29FN2O2/c1-17(2)22-16-25(14-18-6-10-21(28-3)11-7-18)13-12-23(27)26(22)15-19-4-8-20(24)9-5-19/h4-11,17,22H,12-16H2,1-3H3. The molecule has 1 fully saturated rings. The van der Waals surface area contributed by atoms with Crippen molar-refractivity contribution < 1.29 is 13.9 Å². The molecule has 0 radical (unpaired) electrons. The largest absolute Gasteiger partial charge is 0.497 e. The maximum absolute atomic E-state index is 13.2. The zero-order valence-corrected chi connectivity index (χ0v) is 16.9. The SMILES string of the molecule is COc1ccc(CN2CCC(=O)N(Cc3ccc(F)cc3)C(C(C)C)C2)cc1. The molecular formula is C23H29FN2O2. The molecule has 1 saturated heterocycles. The first-order valence-electron chi connectivity index (χ1n) is 9.85. The van der Waals surface area contributed by atoms with Crippen LogP contribution in [-0.4, -0.2) is 41.9 Å². The monoisotopic (exact) mass is 384 g/mol. The van der Waals surface area contributed by atoms with Crippen LogP contribution in [0.2, 0.25) is 0 Å². The minimum absolute atomic E-state index is 0.123. The van der Waals surface area contributed by atoms with Gasteiger partial charge in [-0.05, 0) is 41.3 Å². The van der Waals surface area contributed by atoms with Crippen molar-refractivity contribution in [1.82, 2.24) is 9.80 Å². The highest BCUT2D eigenvalue weighted by molar-refractivity contribution is 5.77. The molecule has 2 aromatic carbocycles. The van der Waals surface area contributed by atoms with E-state index in [-0.39, 0.29) is 17.8 Å². The number of hydrogen-bond acceptors (Lipinski definition) is 3. The minimum atomic E-state index is -0.253. The second-order valence-electron chi connectivity index (χ2n) is 7.79. The molecule has 4 nitrogen and oxygen atoms in total. The topological polar surface area (TPSA) is 32.8 Å². The van der Waals surface area contributed by atoms with E-state index in [4.69, 9.17) is 4.74 Å². The lowest BCUT2D eigenvalue weighted by Gasteiger charge is -2.35. The maximum atomic E-state index is 13.2. The van der Waals surface area contributed by atoms with E-state index in [2.05, 4.69) is 30.9 Å². The highest BCUT2D eigenvalue weighted by Crippen LogP contribution is 2.23. The second-order valence-corrected chi connectivity index (χ2v) is 7.79. The van der Waals surface area contributed by atoms with Gasteiger partial charge in [0.15, 0.2) is 0 Å². The molecule has 0 aromatic heterocycles. The van der Waals surface area contributed by atoms with Crippen LogP contribution in [0.3, 0.4) is 0 Å². The second kappa shape index (κ2) is 9.20. The summed E-state index contributed by atoms with van der Waals surface area (Å²) in [6.07, 6.45) is 0.501.